The first-order chi connectivity index (χ1) is 28.5. The van der Waals surface area contributed by atoms with Gasteiger partial charge in [-0.15, -0.1) is 0 Å². The molecule has 0 saturated carbocycles. The molecule has 0 aliphatic carbocycles. The number of nitrogen functional groups attached to an aromatic ring is 1. The first kappa shape index (κ1) is 42.3. The highest BCUT2D eigenvalue weighted by atomic mass is 16.8. The number of aromatic amines is 1. The van der Waals surface area contributed by atoms with E-state index in [0.29, 0.717) is 76.0 Å². The van der Waals surface area contributed by atoms with E-state index in [4.69, 9.17) is 48.7 Å². The number of nitrogens with zero attached hydrogens (tertiary/aromatic N) is 6. The summed E-state index contributed by atoms with van der Waals surface area (Å²) in [6, 6.07) is 16.9. The van der Waals surface area contributed by atoms with Gasteiger partial charge in [-0.1, -0.05) is 0 Å². The number of carbonyl (C=O) groups excluding carboxylic acids is 1. The van der Waals surface area contributed by atoms with Crippen molar-refractivity contribution in [2.24, 2.45) is 0 Å². The number of benzene rings is 3. The number of H-pyrrole nitrogens is 1. The summed E-state index contributed by atoms with van der Waals surface area (Å²) in [4.78, 5) is 42.3. The van der Waals surface area contributed by atoms with Crippen molar-refractivity contribution < 1.29 is 42.8 Å². The van der Waals surface area contributed by atoms with Crippen LogP contribution in [0.25, 0.3) is 11.0 Å². The summed E-state index contributed by atoms with van der Waals surface area (Å²) in [5, 5.41) is 1.27. The van der Waals surface area contributed by atoms with Crippen molar-refractivity contribution in [3.63, 3.8) is 0 Å². The zero-order chi connectivity index (χ0) is 43.1. The van der Waals surface area contributed by atoms with Crippen LogP contribution in [-0.2, 0) is 36.9 Å². The van der Waals surface area contributed by atoms with Crippen LogP contribution in [0.4, 0.5) is 23.3 Å². The number of hydrogen-bond acceptors (Lipinski definition) is 15. The van der Waals surface area contributed by atoms with Crippen LogP contribution >= 0.6 is 0 Å². The number of imidazole rings is 1. The molecule has 2 aromatic heterocycles. The van der Waals surface area contributed by atoms with Crippen molar-refractivity contribution >= 4 is 40.2 Å². The third-order valence-electron chi connectivity index (χ3n) is 10.3. The minimum atomic E-state index is -1.12. The zero-order valence-electron chi connectivity index (χ0n) is 35.9. The third kappa shape index (κ3) is 8.56. The van der Waals surface area contributed by atoms with Crippen LogP contribution in [0.2, 0.25) is 0 Å². The maximum absolute atomic E-state index is 14.9. The van der Waals surface area contributed by atoms with Crippen molar-refractivity contribution in [1.82, 2.24) is 19.9 Å². The van der Waals surface area contributed by atoms with Crippen LogP contribution in [-0.4, -0.2) is 97.3 Å². The summed E-state index contributed by atoms with van der Waals surface area (Å²) in [6.07, 6.45) is -1.91. The van der Waals surface area contributed by atoms with Gasteiger partial charge in [0.1, 0.15) is 53.2 Å². The molecule has 17 heteroatoms. The Morgan fingerprint density at radius 3 is 2.07 bits per heavy atom. The van der Waals surface area contributed by atoms with Gasteiger partial charge in [0.25, 0.3) is 5.91 Å². The average Bonchev–Trinajstić information content (AvgIpc) is 3.90. The van der Waals surface area contributed by atoms with Crippen molar-refractivity contribution in [3.8, 4) is 23.0 Å². The van der Waals surface area contributed by atoms with E-state index >= 15 is 0 Å². The number of carbonyl (C=O) groups is 1. The molecule has 4 atom stereocenters. The van der Waals surface area contributed by atoms with E-state index in [2.05, 4.69) is 19.9 Å². The number of rotatable bonds is 14. The van der Waals surface area contributed by atoms with E-state index < -0.39 is 41.8 Å². The largest absolute Gasteiger partial charge is 0.497 e. The number of ether oxygens (including phenoxy) is 7. The SMILES string of the molecule is COc1ccc(CN(Cc2ccc(OC)cc2OC)c2nc3ccc(N(OC(C)(C)C)C(=O)[C@H]4O[C@@H](N(C)c5ncnc(N)c5C)[C@@H]5OC(C)(C)O[C@@H]54)cc3[nH]2)c(OC)c1. The smallest absolute Gasteiger partial charge is 0.282 e. The molecule has 17 nitrogen and oxygen atoms in total. The van der Waals surface area contributed by atoms with Crippen molar-refractivity contribution in [3.05, 3.63) is 77.6 Å². The Hall–Kier alpha value is -5.88. The summed E-state index contributed by atoms with van der Waals surface area (Å²) in [5.41, 5.74) is 9.60. The molecule has 2 aliphatic rings. The fraction of sp³-hybridized carbons (Fsp3) is 0.442. The van der Waals surface area contributed by atoms with Gasteiger partial charge in [-0.2, -0.15) is 5.06 Å². The number of methoxy groups -OCH3 is 4. The maximum Gasteiger partial charge on any atom is 0.282 e. The lowest BCUT2D eigenvalue weighted by atomic mass is 10.1. The molecule has 1 amide bonds. The van der Waals surface area contributed by atoms with Gasteiger partial charge in [-0.25, -0.2) is 15.0 Å². The fourth-order valence-electron chi connectivity index (χ4n) is 7.47. The van der Waals surface area contributed by atoms with E-state index in [1.165, 1.54) is 11.4 Å². The second-order valence-corrected chi connectivity index (χ2v) is 16.1. The minimum Gasteiger partial charge on any atom is -0.497 e. The highest BCUT2D eigenvalue weighted by molar-refractivity contribution is 5.97. The minimum absolute atomic E-state index is 0.337. The standard InChI is InChI=1S/C43H54N8O9/c1-24-37(44)45-23-46-38(24)49(7)40-36-34(58-43(5,6)59-36)35(57-40)39(52)51(60-42(2,3)4)27-14-17-30-31(18-27)48-41(47-30)50(21-25-12-15-28(53-8)19-32(25)55-10)22-26-13-16-29(54-9)20-33(26)56-11/h12-20,23,34-36,40H,21-22H2,1-11H3,(H,47,48)(H2,44,45,46)/t34-,35+,36-,40-/m1/s1. The third-order valence-corrected chi connectivity index (χ3v) is 10.3. The molecule has 320 valence electrons. The number of hydrogen-bond donors (Lipinski definition) is 2. The number of nitrogens with two attached hydrogens (primary N) is 1. The number of hydroxylamine groups is 1. The quantitative estimate of drug-likeness (QED) is 0.126. The number of likely N-dealkylation sites (N-methyl/N-ethyl adjacent to an activating group) is 1. The Balaban J connectivity index is 1.24. The number of nitrogens with one attached hydrogen (secondary N) is 1. The lowest BCUT2D eigenvalue weighted by molar-refractivity contribution is -0.190. The van der Waals surface area contributed by atoms with Gasteiger partial charge in [0.15, 0.2) is 18.1 Å². The van der Waals surface area contributed by atoms with Gasteiger partial charge >= 0.3 is 0 Å². The monoisotopic (exact) mass is 826 g/mol. The molecule has 3 N–H and O–H groups in total. The summed E-state index contributed by atoms with van der Waals surface area (Å²) < 4.78 is 41.7. The molecule has 0 spiro atoms. The van der Waals surface area contributed by atoms with E-state index in [9.17, 15) is 4.79 Å². The Morgan fingerprint density at radius 1 is 0.867 bits per heavy atom. The molecule has 3 aromatic carbocycles. The summed E-state index contributed by atoms with van der Waals surface area (Å²) in [7, 11) is 8.29. The molecule has 7 rings (SSSR count). The topological polar surface area (TPSA) is 181 Å². The first-order valence-corrected chi connectivity index (χ1v) is 19.5. The van der Waals surface area contributed by atoms with Crippen LogP contribution in [0.15, 0.2) is 60.9 Å². The van der Waals surface area contributed by atoms with Crippen molar-refractivity contribution in [1.29, 1.82) is 0 Å². The van der Waals surface area contributed by atoms with Crippen LogP contribution in [0.1, 0.15) is 51.3 Å². The predicted octanol–water partition coefficient (Wildman–Crippen LogP) is 5.93. The second kappa shape index (κ2) is 16.6. The summed E-state index contributed by atoms with van der Waals surface area (Å²) in [6.45, 7) is 11.9. The molecule has 2 saturated heterocycles. The zero-order valence-corrected chi connectivity index (χ0v) is 35.9. The first-order valence-electron chi connectivity index (χ1n) is 19.5. The molecule has 2 fully saturated rings. The predicted molar refractivity (Wildman–Crippen MR) is 225 cm³/mol. The Bertz CT molecular complexity index is 2290. The highest BCUT2D eigenvalue weighted by Crippen LogP contribution is 2.42. The van der Waals surface area contributed by atoms with E-state index in [0.717, 1.165) is 11.1 Å². The van der Waals surface area contributed by atoms with E-state index in [1.54, 1.807) is 39.4 Å². The van der Waals surface area contributed by atoms with E-state index in [1.807, 2.05) is 97.1 Å². The van der Waals surface area contributed by atoms with Gasteiger partial charge < -0.3 is 53.7 Å². The Labute approximate surface area is 349 Å². The molecule has 0 radical (unpaired) electrons. The van der Waals surface area contributed by atoms with Gasteiger partial charge in [0.2, 0.25) is 5.95 Å². The van der Waals surface area contributed by atoms with E-state index in [-0.39, 0.29) is 0 Å². The van der Waals surface area contributed by atoms with Crippen molar-refractivity contribution in [2.75, 3.05) is 56.1 Å². The number of fused-ring (bicyclic) bond motifs is 2. The normalized spacial score (nSPS) is 19.5. The lowest BCUT2D eigenvalue weighted by Gasteiger charge is -2.33. The Kier molecular flexibility index (Phi) is 11.7. The van der Waals surface area contributed by atoms with Crippen molar-refractivity contribution in [2.45, 2.75) is 90.6 Å². The van der Waals surface area contributed by atoms with Crippen LogP contribution in [0.3, 0.4) is 0 Å². The average molecular weight is 827 g/mol. The van der Waals surface area contributed by atoms with Gasteiger partial charge in [-0.3, -0.25) is 9.63 Å². The molecule has 5 aromatic rings. The molecule has 0 bridgehead atoms. The molecule has 2 aliphatic heterocycles. The molecular formula is C43H54N8O9. The fourth-order valence-corrected chi connectivity index (χ4v) is 7.47. The number of amides is 1. The maximum atomic E-state index is 14.9. The van der Waals surface area contributed by atoms with Gasteiger partial charge in [0, 0.05) is 49.0 Å². The summed E-state index contributed by atoms with van der Waals surface area (Å²) in [5.74, 6) is 2.65. The number of aromatic nitrogens is 4. The second-order valence-electron chi connectivity index (χ2n) is 16.1. The number of anilines is 4. The molecular weight excluding hydrogens is 773 g/mol. The van der Waals surface area contributed by atoms with Crippen LogP contribution < -0.4 is 39.5 Å². The van der Waals surface area contributed by atoms with Crippen LogP contribution in [0.5, 0.6) is 23.0 Å². The molecule has 4 heterocycles. The molecule has 0 unspecified atom stereocenters. The lowest BCUT2D eigenvalue weighted by Crippen LogP contribution is -2.48. The van der Waals surface area contributed by atoms with Gasteiger partial charge in [-0.05, 0) is 84.0 Å². The summed E-state index contributed by atoms with van der Waals surface area (Å²) >= 11 is 0. The molecule has 60 heavy (non-hydrogen) atoms. The van der Waals surface area contributed by atoms with Crippen LogP contribution in [0, 0.1) is 6.92 Å². The highest BCUT2D eigenvalue weighted by Gasteiger charge is 2.60. The van der Waals surface area contributed by atoms with Gasteiger partial charge in [0.05, 0.1) is 50.8 Å². The Morgan fingerprint density at radius 2 is 1.48 bits per heavy atom.